The van der Waals surface area contributed by atoms with Crippen molar-refractivity contribution in [3.05, 3.63) is 118 Å². The Kier molecular flexibility index (Phi) is 16.2. The van der Waals surface area contributed by atoms with Gasteiger partial charge in [-0.25, -0.2) is 4.39 Å². The molecule has 3 rings (SSSR count). The first-order chi connectivity index (χ1) is 19.9. The second kappa shape index (κ2) is 18.7. The van der Waals surface area contributed by atoms with Gasteiger partial charge in [0.2, 0.25) is 0 Å². The molecule has 42 heavy (non-hydrogen) atoms. The lowest BCUT2D eigenvalue weighted by molar-refractivity contribution is -0.224. The maximum Gasteiger partial charge on any atom is 0.400 e. The minimum absolute atomic E-state index is 0.0236. The summed E-state index contributed by atoms with van der Waals surface area (Å²) in [7, 11) is 1.86. The zero-order valence-corrected chi connectivity index (χ0v) is 25.4. The number of pyridine rings is 1. The van der Waals surface area contributed by atoms with Gasteiger partial charge in [-0.3, -0.25) is 9.37 Å². The summed E-state index contributed by atoms with van der Waals surface area (Å²) in [6.07, 6.45) is 0.316. The molecule has 3 N–H and O–H groups in total. The number of nitrogens with zero attached hydrogens (tertiary/aromatic N) is 1. The fourth-order valence-corrected chi connectivity index (χ4v) is 3.91. The lowest BCUT2D eigenvalue weighted by Gasteiger charge is -2.21. The molecule has 0 saturated carbocycles. The van der Waals surface area contributed by atoms with Crippen molar-refractivity contribution in [2.24, 2.45) is 5.73 Å². The summed E-state index contributed by atoms with van der Waals surface area (Å²) in [5.74, 6) is 0.172. The predicted molar refractivity (Wildman–Crippen MR) is 161 cm³/mol. The standard InChI is InChI=1S/C26H25ClF3NO2.C5H12N2.CH3F/c1-3-21(28)16-26(29,30)33-24-11-7-10-19(15-25(24)32-2)22(14-18-8-5-4-6-9-18)23-13-12-20(27)17-31-23;1-4(2)7-5(3)6;1-2/h4-6,8-13,15,17,21-22H,3,14,16H2,1-2H3;4,7H,3,6H2,1-2H3;1H3. The van der Waals surface area contributed by atoms with Gasteiger partial charge in [-0.1, -0.05) is 55.4 Å². The summed E-state index contributed by atoms with van der Waals surface area (Å²) in [5, 5.41) is 3.40. The van der Waals surface area contributed by atoms with Crippen LogP contribution in [0.3, 0.4) is 0 Å². The molecule has 0 amide bonds. The van der Waals surface area contributed by atoms with Gasteiger partial charge in [-0.2, -0.15) is 8.78 Å². The van der Waals surface area contributed by atoms with Crippen molar-refractivity contribution in [3.8, 4) is 0 Å². The van der Waals surface area contributed by atoms with Crippen LogP contribution in [0.2, 0.25) is 5.02 Å². The van der Waals surface area contributed by atoms with E-state index in [0.717, 1.165) is 16.8 Å². The third-order valence-corrected chi connectivity index (χ3v) is 5.88. The van der Waals surface area contributed by atoms with Crippen LogP contribution in [0.25, 0.3) is 0 Å². The van der Waals surface area contributed by atoms with Crippen molar-refractivity contribution >= 4 is 11.6 Å². The van der Waals surface area contributed by atoms with E-state index in [1.165, 1.54) is 20.1 Å². The molecule has 2 aromatic rings. The van der Waals surface area contributed by atoms with E-state index >= 15 is 0 Å². The molecule has 1 aromatic heterocycles. The zero-order valence-electron chi connectivity index (χ0n) is 24.6. The lowest BCUT2D eigenvalue weighted by atomic mass is 9.88. The number of nitrogens with two attached hydrogens (primary N) is 1. The van der Waals surface area contributed by atoms with Crippen molar-refractivity contribution in [2.45, 2.75) is 64.3 Å². The van der Waals surface area contributed by atoms with E-state index in [-0.39, 0.29) is 23.9 Å². The minimum atomic E-state index is -3.69. The topological polar surface area (TPSA) is 69.4 Å². The number of benzene rings is 1. The number of alkyl halides is 4. The normalized spacial score (nSPS) is 13.9. The highest BCUT2D eigenvalue weighted by Crippen LogP contribution is 2.34. The molecule has 230 valence electrons. The summed E-state index contributed by atoms with van der Waals surface area (Å²) >= 11 is 6.02. The molecule has 1 heterocycles. The van der Waals surface area contributed by atoms with Crippen LogP contribution in [0.5, 0.6) is 0 Å². The highest BCUT2D eigenvalue weighted by Gasteiger charge is 2.36. The van der Waals surface area contributed by atoms with Crippen LogP contribution < -0.4 is 11.1 Å². The Morgan fingerprint density at radius 3 is 2.29 bits per heavy atom. The fourth-order valence-electron chi connectivity index (χ4n) is 3.80. The molecule has 2 atom stereocenters. The molecule has 1 aliphatic rings. The van der Waals surface area contributed by atoms with Crippen LogP contribution >= 0.6 is 11.6 Å². The fraction of sp³-hybridized carbons (Fsp3) is 0.375. The Morgan fingerprint density at radius 2 is 1.79 bits per heavy atom. The number of rotatable bonds is 12. The first-order valence-electron chi connectivity index (χ1n) is 13.3. The van der Waals surface area contributed by atoms with Gasteiger partial charge in [0.1, 0.15) is 6.17 Å². The zero-order chi connectivity index (χ0) is 31.7. The van der Waals surface area contributed by atoms with Crippen molar-refractivity contribution in [1.82, 2.24) is 10.3 Å². The molecular formula is C32H40ClF4N3O2. The largest absolute Gasteiger partial charge is 0.493 e. The monoisotopic (exact) mass is 609 g/mol. The number of allylic oxidation sites excluding steroid dienone is 3. The van der Waals surface area contributed by atoms with E-state index in [1.807, 2.05) is 50.2 Å². The summed E-state index contributed by atoms with van der Waals surface area (Å²) < 4.78 is 61.9. The number of nitrogens with one attached hydrogen (secondary N) is 1. The van der Waals surface area contributed by atoms with E-state index in [2.05, 4.69) is 22.6 Å². The molecule has 0 saturated heterocycles. The van der Waals surface area contributed by atoms with E-state index in [4.69, 9.17) is 26.8 Å². The van der Waals surface area contributed by atoms with Crippen LogP contribution in [0.4, 0.5) is 17.6 Å². The highest BCUT2D eigenvalue weighted by atomic mass is 35.5. The molecule has 0 spiro atoms. The Balaban J connectivity index is 0.000000858. The number of hydrogen-bond acceptors (Lipinski definition) is 5. The maximum absolute atomic E-state index is 14.3. The average Bonchev–Trinajstić information content (AvgIpc) is 3.14. The Hall–Kier alpha value is -3.68. The van der Waals surface area contributed by atoms with Crippen LogP contribution in [-0.4, -0.2) is 37.6 Å². The van der Waals surface area contributed by atoms with E-state index in [1.54, 1.807) is 24.4 Å². The summed E-state index contributed by atoms with van der Waals surface area (Å²) in [4.78, 5) is 4.47. The van der Waals surface area contributed by atoms with E-state index in [9.17, 15) is 17.6 Å². The second-order valence-electron chi connectivity index (χ2n) is 9.45. The van der Waals surface area contributed by atoms with E-state index in [0.29, 0.717) is 30.5 Å². The van der Waals surface area contributed by atoms with Crippen molar-refractivity contribution in [2.75, 3.05) is 14.3 Å². The molecule has 0 aliphatic heterocycles. The number of aromatic nitrogens is 1. The van der Waals surface area contributed by atoms with Crippen LogP contribution in [-0.2, 0) is 15.9 Å². The number of hydrogen-bond donors (Lipinski definition) is 2. The van der Waals surface area contributed by atoms with Gasteiger partial charge in [0.25, 0.3) is 0 Å². The molecule has 0 bridgehead atoms. The Bertz CT molecular complexity index is 1230. The third-order valence-electron chi connectivity index (χ3n) is 5.65. The Morgan fingerprint density at radius 1 is 1.12 bits per heavy atom. The van der Waals surface area contributed by atoms with Crippen molar-refractivity contribution in [3.63, 3.8) is 0 Å². The highest BCUT2D eigenvalue weighted by molar-refractivity contribution is 6.30. The van der Waals surface area contributed by atoms with Gasteiger partial charge in [0, 0.05) is 29.9 Å². The molecule has 0 fully saturated rings. The van der Waals surface area contributed by atoms with Crippen LogP contribution in [0.1, 0.15) is 50.8 Å². The molecule has 2 unspecified atom stereocenters. The van der Waals surface area contributed by atoms with Gasteiger partial charge in [0.15, 0.2) is 11.5 Å². The summed E-state index contributed by atoms with van der Waals surface area (Å²) in [6.45, 7) is 8.99. The molecule has 0 radical (unpaired) electrons. The third kappa shape index (κ3) is 13.3. The quantitative estimate of drug-likeness (QED) is 0.187. The molecular weight excluding hydrogens is 570 g/mol. The van der Waals surface area contributed by atoms with Crippen LogP contribution in [0.15, 0.2) is 102 Å². The van der Waals surface area contributed by atoms with E-state index < -0.39 is 18.7 Å². The van der Waals surface area contributed by atoms with Crippen molar-refractivity contribution in [1.29, 1.82) is 0 Å². The lowest BCUT2D eigenvalue weighted by Crippen LogP contribution is -2.25. The van der Waals surface area contributed by atoms with Gasteiger partial charge >= 0.3 is 6.11 Å². The van der Waals surface area contributed by atoms with Crippen molar-refractivity contribution < 1.29 is 27.0 Å². The summed E-state index contributed by atoms with van der Waals surface area (Å²) in [5.41, 5.74) is 10.6. The number of methoxy groups -OCH3 is 1. The Labute approximate surface area is 251 Å². The predicted octanol–water partition coefficient (Wildman–Crippen LogP) is 8.32. The number of ether oxygens (including phenoxy) is 2. The van der Waals surface area contributed by atoms with Crippen LogP contribution in [0, 0.1) is 0 Å². The van der Waals surface area contributed by atoms with Gasteiger partial charge in [-0.15, -0.1) is 5.73 Å². The average molecular weight is 610 g/mol. The van der Waals surface area contributed by atoms with Gasteiger partial charge < -0.3 is 20.5 Å². The molecule has 10 heteroatoms. The molecule has 1 aliphatic carbocycles. The summed E-state index contributed by atoms with van der Waals surface area (Å²) in [6, 6.07) is 13.8. The first kappa shape index (κ1) is 36.3. The van der Waals surface area contributed by atoms with Gasteiger partial charge in [-0.05, 0) is 62.1 Å². The SMILES string of the molecule is C=C(N)NC(C)C.CCC(F)CC(F)(F)OC1=C(OC)C=C(C(Cc2ccccc2)c2ccc(Cl)cn2)C=C=C1.CF. The van der Waals surface area contributed by atoms with Gasteiger partial charge in [0.05, 0.1) is 31.6 Å². The second-order valence-corrected chi connectivity index (χ2v) is 9.89. The number of halogens is 5. The first-order valence-corrected chi connectivity index (χ1v) is 13.7. The minimum Gasteiger partial charge on any atom is -0.493 e. The molecule has 5 nitrogen and oxygen atoms in total. The smallest absolute Gasteiger partial charge is 0.400 e. The maximum atomic E-state index is 14.3. The molecule has 1 aromatic carbocycles.